The number of hydrogen-bond acceptors (Lipinski definition) is 5. The lowest BCUT2D eigenvalue weighted by atomic mass is 10.2. The van der Waals surface area contributed by atoms with Gasteiger partial charge in [-0.25, -0.2) is 9.59 Å². The summed E-state index contributed by atoms with van der Waals surface area (Å²) in [6, 6.07) is 1.14. The van der Waals surface area contributed by atoms with E-state index in [1.807, 2.05) is 0 Å². The van der Waals surface area contributed by atoms with E-state index in [4.69, 9.17) is 9.90 Å². The van der Waals surface area contributed by atoms with Gasteiger partial charge in [0.05, 0.1) is 24.6 Å². The number of carbonyl (C=O) groups excluding carboxylic acids is 2. The number of alkyl halides is 6. The van der Waals surface area contributed by atoms with Crippen LogP contribution in [0.25, 0.3) is 0 Å². The van der Waals surface area contributed by atoms with E-state index in [1.54, 1.807) is 0 Å². The van der Waals surface area contributed by atoms with Crippen LogP contribution in [0, 0.1) is 0 Å². The molecule has 1 aromatic heterocycles. The highest BCUT2D eigenvalue weighted by atomic mass is 19.4. The predicted molar refractivity (Wildman–Crippen MR) is 64.0 cm³/mol. The molecule has 0 radical (unpaired) electrons. The average Bonchev–Trinajstić information content (AvgIpc) is 2.45. The number of anilines is 1. The predicted octanol–water partition coefficient (Wildman–Crippen LogP) is 2.00. The molecule has 0 saturated heterocycles. The van der Waals surface area contributed by atoms with Crippen molar-refractivity contribution in [1.82, 2.24) is 4.98 Å². The summed E-state index contributed by atoms with van der Waals surface area (Å²) in [5, 5.41) is 8.66. The summed E-state index contributed by atoms with van der Waals surface area (Å²) in [7, 11) is 1.07. The zero-order chi connectivity index (χ0) is 19.1. The third-order valence-electron chi connectivity index (χ3n) is 1.97. The van der Waals surface area contributed by atoms with E-state index < -0.39 is 30.2 Å². The summed E-state index contributed by atoms with van der Waals surface area (Å²) in [5.41, 5.74) is -0.568. The largest absolute Gasteiger partial charge is 0.490 e. The summed E-state index contributed by atoms with van der Waals surface area (Å²) in [6.45, 7) is 0. The molecule has 0 aliphatic rings. The quantitative estimate of drug-likeness (QED) is 0.616. The highest BCUT2D eigenvalue weighted by Gasteiger charge is 2.39. The topological polar surface area (TPSA) is 106 Å². The van der Waals surface area contributed by atoms with Crippen molar-refractivity contribution in [2.75, 3.05) is 12.4 Å². The van der Waals surface area contributed by atoms with Gasteiger partial charge in [0.2, 0.25) is 0 Å². The molecule has 0 spiro atoms. The number of aromatic nitrogens is 1. The van der Waals surface area contributed by atoms with E-state index >= 15 is 0 Å². The first-order chi connectivity index (χ1) is 10.8. The molecule has 0 atom stereocenters. The van der Waals surface area contributed by atoms with Gasteiger partial charge in [-0.05, 0) is 6.07 Å². The van der Waals surface area contributed by atoms with Crippen LogP contribution in [-0.2, 0) is 14.3 Å². The molecule has 0 aromatic carbocycles. The number of esters is 1. The van der Waals surface area contributed by atoms with Crippen LogP contribution in [0.3, 0.4) is 0 Å². The molecule has 2 N–H and O–H groups in total. The van der Waals surface area contributed by atoms with Crippen LogP contribution < -0.4 is 5.32 Å². The zero-order valence-corrected chi connectivity index (χ0v) is 11.5. The molecule has 1 heterocycles. The molecule has 0 saturated carbocycles. The lowest BCUT2D eigenvalue weighted by Crippen LogP contribution is -2.30. The van der Waals surface area contributed by atoms with Crippen molar-refractivity contribution < 1.29 is 50.6 Å². The first-order valence-corrected chi connectivity index (χ1v) is 5.51. The number of carbonyl (C=O) groups is 3. The molecule has 0 unspecified atom stereocenters. The fourth-order valence-electron chi connectivity index (χ4n) is 0.975. The van der Waals surface area contributed by atoms with Gasteiger partial charge < -0.3 is 15.2 Å². The summed E-state index contributed by atoms with van der Waals surface area (Å²) < 4.78 is 72.1. The summed E-state index contributed by atoms with van der Waals surface area (Å²) in [5.74, 6) is -5.81. The van der Waals surface area contributed by atoms with Crippen LogP contribution >= 0.6 is 0 Å². The van der Waals surface area contributed by atoms with E-state index in [2.05, 4.69) is 9.72 Å². The molecule has 0 aliphatic carbocycles. The van der Waals surface area contributed by atoms with Crippen LogP contribution in [0.5, 0.6) is 0 Å². The van der Waals surface area contributed by atoms with Gasteiger partial charge in [0.25, 0.3) is 0 Å². The van der Waals surface area contributed by atoms with Crippen molar-refractivity contribution in [2.45, 2.75) is 12.4 Å². The molecular formula is C11H8F6N2O5. The van der Waals surface area contributed by atoms with E-state index in [-0.39, 0.29) is 11.3 Å². The number of nitrogens with zero attached hydrogens (tertiary/aromatic N) is 1. The van der Waals surface area contributed by atoms with Crippen molar-refractivity contribution in [1.29, 1.82) is 0 Å². The smallest absolute Gasteiger partial charge is 0.475 e. The summed E-state index contributed by atoms with van der Waals surface area (Å²) in [4.78, 5) is 34.3. The molecule has 0 bridgehead atoms. The molecule has 13 heteroatoms. The highest BCUT2D eigenvalue weighted by Crippen LogP contribution is 2.20. The zero-order valence-electron chi connectivity index (χ0n) is 11.5. The van der Waals surface area contributed by atoms with Crippen LogP contribution in [0.2, 0.25) is 0 Å². The van der Waals surface area contributed by atoms with Gasteiger partial charge in [-0.15, -0.1) is 0 Å². The lowest BCUT2D eigenvalue weighted by Gasteiger charge is -2.10. The number of pyridine rings is 1. The maximum atomic E-state index is 12.0. The molecule has 1 amide bonds. The van der Waals surface area contributed by atoms with Gasteiger partial charge >= 0.3 is 30.2 Å². The van der Waals surface area contributed by atoms with Crippen molar-refractivity contribution in [3.05, 3.63) is 24.0 Å². The summed E-state index contributed by atoms with van der Waals surface area (Å²) >= 11 is 0. The Hall–Kier alpha value is -2.86. The highest BCUT2D eigenvalue weighted by molar-refractivity contribution is 6.02. The van der Waals surface area contributed by atoms with Crippen LogP contribution in [0.15, 0.2) is 18.5 Å². The number of carboxylic acid groups (broad SMARTS) is 1. The van der Waals surface area contributed by atoms with Crippen molar-refractivity contribution in [2.24, 2.45) is 0 Å². The summed E-state index contributed by atoms with van der Waals surface area (Å²) in [6.07, 6.45) is -8.01. The number of ether oxygens (including phenoxy) is 1. The van der Waals surface area contributed by atoms with Gasteiger partial charge in [-0.3, -0.25) is 9.78 Å². The second kappa shape index (κ2) is 8.12. The Morgan fingerprint density at radius 3 is 2.00 bits per heavy atom. The number of amides is 1. The van der Waals surface area contributed by atoms with Crippen LogP contribution in [-0.4, -0.2) is 47.4 Å². The maximum Gasteiger partial charge on any atom is 0.490 e. The first kappa shape index (κ1) is 21.1. The Kier molecular flexibility index (Phi) is 7.15. The van der Waals surface area contributed by atoms with E-state index in [9.17, 15) is 35.9 Å². The van der Waals surface area contributed by atoms with Gasteiger partial charge in [0, 0.05) is 6.20 Å². The fraction of sp³-hybridized carbons (Fsp3) is 0.273. The Morgan fingerprint density at radius 2 is 1.62 bits per heavy atom. The number of nitrogens with one attached hydrogen (secondary N) is 1. The third-order valence-corrected chi connectivity index (χ3v) is 1.97. The number of carboxylic acids is 1. The number of aliphatic carboxylic acids is 1. The second-order valence-electron chi connectivity index (χ2n) is 3.67. The van der Waals surface area contributed by atoms with Gasteiger partial charge in [0.15, 0.2) is 0 Å². The van der Waals surface area contributed by atoms with Gasteiger partial charge in [-0.2, -0.15) is 26.3 Å². The maximum absolute atomic E-state index is 12.0. The second-order valence-corrected chi connectivity index (χ2v) is 3.67. The molecule has 0 fully saturated rings. The molecular weight excluding hydrogens is 354 g/mol. The molecule has 0 aliphatic heterocycles. The van der Waals surface area contributed by atoms with E-state index in [1.165, 1.54) is 11.5 Å². The Balaban J connectivity index is 0.000000640. The number of halogens is 6. The minimum absolute atomic E-state index is 0.208. The average molecular weight is 362 g/mol. The molecule has 1 rings (SSSR count). The van der Waals surface area contributed by atoms with Gasteiger partial charge in [-0.1, -0.05) is 0 Å². The molecule has 134 valence electrons. The van der Waals surface area contributed by atoms with E-state index in [0.29, 0.717) is 0 Å². The fourth-order valence-corrected chi connectivity index (χ4v) is 0.975. The Bertz CT molecular complexity index is 614. The molecule has 7 nitrogen and oxygen atoms in total. The first-order valence-electron chi connectivity index (χ1n) is 5.51. The monoisotopic (exact) mass is 362 g/mol. The van der Waals surface area contributed by atoms with Gasteiger partial charge in [0.1, 0.15) is 0 Å². The van der Waals surface area contributed by atoms with Crippen molar-refractivity contribution >= 4 is 23.5 Å². The normalized spacial score (nSPS) is 11.0. The minimum atomic E-state index is -5.08. The van der Waals surface area contributed by atoms with Crippen LogP contribution in [0.1, 0.15) is 10.4 Å². The Morgan fingerprint density at radius 1 is 1.12 bits per heavy atom. The minimum Gasteiger partial charge on any atom is -0.475 e. The standard InChI is InChI=1S/C9H7F3N2O3.C2HF3O2/c1-17-7(15)5-2-3-13-4-6(5)14-8(16)9(10,11)12;3-2(4,5)1(6)7/h2-4H,1H3,(H,14,16);(H,6,7). The van der Waals surface area contributed by atoms with Crippen molar-refractivity contribution in [3.63, 3.8) is 0 Å². The molecule has 24 heavy (non-hydrogen) atoms. The lowest BCUT2D eigenvalue weighted by molar-refractivity contribution is -0.192. The number of hydrogen-bond donors (Lipinski definition) is 2. The van der Waals surface area contributed by atoms with Crippen molar-refractivity contribution in [3.8, 4) is 0 Å². The molecule has 1 aromatic rings. The van der Waals surface area contributed by atoms with Crippen LogP contribution in [0.4, 0.5) is 32.0 Å². The number of methoxy groups -OCH3 is 1. The Labute approximate surface area is 129 Å². The number of rotatable bonds is 2. The SMILES string of the molecule is COC(=O)c1ccncc1NC(=O)C(F)(F)F.O=C(O)C(F)(F)F. The third kappa shape index (κ3) is 6.93. The van der Waals surface area contributed by atoms with E-state index in [0.717, 1.165) is 19.4 Å².